The molecule has 1 unspecified atom stereocenters. The smallest absolute Gasteiger partial charge is 0.125 e. The summed E-state index contributed by atoms with van der Waals surface area (Å²) in [5.74, 6) is 1.48. The first-order chi connectivity index (χ1) is 9.66. The van der Waals surface area contributed by atoms with E-state index in [9.17, 15) is 0 Å². The van der Waals surface area contributed by atoms with E-state index in [1.54, 1.807) is 0 Å². The fraction of sp³-hybridized carbons (Fsp3) is 0.625. The van der Waals surface area contributed by atoms with Crippen molar-refractivity contribution in [1.29, 1.82) is 0 Å². The highest BCUT2D eigenvalue weighted by molar-refractivity contribution is 6.31. The maximum Gasteiger partial charge on any atom is 0.125 e. The van der Waals surface area contributed by atoms with Crippen LogP contribution in [-0.2, 0) is 11.3 Å². The van der Waals surface area contributed by atoms with Crippen LogP contribution in [-0.4, -0.2) is 25.9 Å². The minimum atomic E-state index is 0.227. The van der Waals surface area contributed by atoms with E-state index >= 15 is 0 Å². The Labute approximate surface area is 126 Å². The molecule has 1 aromatic rings. The summed E-state index contributed by atoms with van der Waals surface area (Å²) in [6.45, 7) is 7.54. The van der Waals surface area contributed by atoms with Gasteiger partial charge in [0.15, 0.2) is 0 Å². The highest BCUT2D eigenvalue weighted by Crippen LogP contribution is 2.27. The number of halogens is 1. The number of benzene rings is 1. The zero-order chi connectivity index (χ0) is 14.4. The molecule has 0 bridgehead atoms. The molecule has 1 aromatic carbocycles. The summed E-state index contributed by atoms with van der Waals surface area (Å²) in [5.41, 5.74) is 1.04. The monoisotopic (exact) mass is 297 g/mol. The third-order valence-corrected chi connectivity index (χ3v) is 3.73. The summed E-state index contributed by atoms with van der Waals surface area (Å²) in [6.07, 6.45) is 2.44. The van der Waals surface area contributed by atoms with E-state index in [0.717, 1.165) is 48.9 Å². The van der Waals surface area contributed by atoms with Gasteiger partial charge < -0.3 is 14.8 Å². The highest BCUT2D eigenvalue weighted by Gasteiger charge is 2.17. The largest absolute Gasteiger partial charge is 0.490 e. The third-order valence-electron chi connectivity index (χ3n) is 3.38. The Bertz CT molecular complexity index is 417. The maximum absolute atomic E-state index is 6.29. The van der Waals surface area contributed by atoms with Crippen molar-refractivity contribution in [2.75, 3.05) is 19.8 Å². The Balaban J connectivity index is 1.93. The average Bonchev–Trinajstić information content (AvgIpc) is 2.91. The number of hydrogen-bond acceptors (Lipinski definition) is 3. The topological polar surface area (TPSA) is 30.5 Å². The molecule has 4 heteroatoms. The molecular formula is C16H24ClNO2. The lowest BCUT2D eigenvalue weighted by molar-refractivity contribution is 0.0676. The van der Waals surface area contributed by atoms with Crippen LogP contribution in [0.2, 0.25) is 5.02 Å². The summed E-state index contributed by atoms with van der Waals surface area (Å²) < 4.78 is 11.5. The van der Waals surface area contributed by atoms with Crippen LogP contribution in [0, 0.1) is 5.92 Å². The predicted octanol–water partition coefficient (Wildman–Crippen LogP) is 3.64. The van der Waals surface area contributed by atoms with Gasteiger partial charge in [-0.25, -0.2) is 0 Å². The Kier molecular flexibility index (Phi) is 6.14. The molecule has 3 nitrogen and oxygen atoms in total. The summed E-state index contributed by atoms with van der Waals surface area (Å²) in [7, 11) is 0. The quantitative estimate of drug-likeness (QED) is 0.833. The summed E-state index contributed by atoms with van der Waals surface area (Å²) in [4.78, 5) is 0. The van der Waals surface area contributed by atoms with Crippen molar-refractivity contribution in [2.24, 2.45) is 5.92 Å². The molecule has 2 rings (SSSR count). The fourth-order valence-corrected chi connectivity index (χ4v) is 2.52. The lowest BCUT2D eigenvalue weighted by Crippen LogP contribution is -2.21. The average molecular weight is 298 g/mol. The minimum absolute atomic E-state index is 0.227. The molecule has 0 radical (unpaired) electrons. The zero-order valence-corrected chi connectivity index (χ0v) is 13.1. The SMILES string of the molecule is CC(C)CNCc1c(Cl)cccc1OCC1CCCO1. The van der Waals surface area contributed by atoms with Gasteiger partial charge in [-0.05, 0) is 37.4 Å². The van der Waals surface area contributed by atoms with E-state index in [-0.39, 0.29) is 6.10 Å². The third kappa shape index (κ3) is 4.65. The molecule has 1 aliphatic rings. The molecule has 1 N–H and O–H groups in total. The van der Waals surface area contributed by atoms with E-state index in [4.69, 9.17) is 21.1 Å². The second kappa shape index (κ2) is 7.87. The van der Waals surface area contributed by atoms with E-state index in [0.29, 0.717) is 12.5 Å². The Morgan fingerprint density at radius 1 is 1.45 bits per heavy atom. The normalized spacial score (nSPS) is 18.7. The van der Waals surface area contributed by atoms with Crippen molar-refractivity contribution < 1.29 is 9.47 Å². The second-order valence-corrected chi connectivity index (χ2v) is 6.09. The molecule has 1 aliphatic heterocycles. The van der Waals surface area contributed by atoms with Gasteiger partial charge in [-0.15, -0.1) is 0 Å². The zero-order valence-electron chi connectivity index (χ0n) is 12.3. The van der Waals surface area contributed by atoms with Gasteiger partial charge in [0.1, 0.15) is 12.4 Å². The summed E-state index contributed by atoms with van der Waals surface area (Å²) in [6, 6.07) is 5.82. The molecule has 1 fully saturated rings. The van der Waals surface area contributed by atoms with E-state index in [1.807, 2.05) is 18.2 Å². The van der Waals surface area contributed by atoms with Crippen LogP contribution < -0.4 is 10.1 Å². The van der Waals surface area contributed by atoms with Crippen LogP contribution in [0.15, 0.2) is 18.2 Å². The van der Waals surface area contributed by atoms with E-state index < -0.39 is 0 Å². The predicted molar refractivity (Wildman–Crippen MR) is 82.5 cm³/mol. The van der Waals surface area contributed by atoms with E-state index in [2.05, 4.69) is 19.2 Å². The van der Waals surface area contributed by atoms with Gasteiger partial charge in [0, 0.05) is 23.7 Å². The number of rotatable bonds is 7. The van der Waals surface area contributed by atoms with Gasteiger partial charge in [0.25, 0.3) is 0 Å². The van der Waals surface area contributed by atoms with Crippen LogP contribution in [0.3, 0.4) is 0 Å². The molecule has 0 saturated carbocycles. The molecule has 1 atom stereocenters. The molecule has 112 valence electrons. The van der Waals surface area contributed by atoms with Gasteiger partial charge in [0.2, 0.25) is 0 Å². The van der Waals surface area contributed by atoms with Gasteiger partial charge in [-0.2, -0.15) is 0 Å². The minimum Gasteiger partial charge on any atom is -0.490 e. The van der Waals surface area contributed by atoms with Crippen LogP contribution in [0.25, 0.3) is 0 Å². The molecule has 0 spiro atoms. The first kappa shape index (κ1) is 15.6. The van der Waals surface area contributed by atoms with Crippen LogP contribution in [0.4, 0.5) is 0 Å². The van der Waals surface area contributed by atoms with Gasteiger partial charge >= 0.3 is 0 Å². The summed E-state index contributed by atoms with van der Waals surface area (Å²) >= 11 is 6.29. The Morgan fingerprint density at radius 2 is 2.30 bits per heavy atom. The van der Waals surface area contributed by atoms with Crippen molar-refractivity contribution in [1.82, 2.24) is 5.32 Å². The lowest BCUT2D eigenvalue weighted by Gasteiger charge is -2.16. The fourth-order valence-electron chi connectivity index (χ4n) is 2.29. The van der Waals surface area contributed by atoms with Crippen molar-refractivity contribution in [3.8, 4) is 5.75 Å². The standard InChI is InChI=1S/C16H24ClNO2/c1-12(2)9-18-10-14-15(17)6-3-7-16(14)20-11-13-5-4-8-19-13/h3,6-7,12-13,18H,4-5,8-11H2,1-2H3. The molecule has 1 heterocycles. The van der Waals surface area contributed by atoms with Gasteiger partial charge in [0.05, 0.1) is 6.10 Å². The van der Waals surface area contributed by atoms with Crippen molar-refractivity contribution in [2.45, 2.75) is 39.3 Å². The Morgan fingerprint density at radius 3 is 3.00 bits per heavy atom. The van der Waals surface area contributed by atoms with Crippen molar-refractivity contribution in [3.63, 3.8) is 0 Å². The molecular weight excluding hydrogens is 274 g/mol. The van der Waals surface area contributed by atoms with Crippen molar-refractivity contribution >= 4 is 11.6 Å². The van der Waals surface area contributed by atoms with E-state index in [1.165, 1.54) is 0 Å². The second-order valence-electron chi connectivity index (χ2n) is 5.69. The van der Waals surface area contributed by atoms with Gasteiger partial charge in [-0.3, -0.25) is 0 Å². The summed E-state index contributed by atoms with van der Waals surface area (Å²) in [5, 5.41) is 4.17. The Hall–Kier alpha value is -0.770. The van der Waals surface area contributed by atoms with Crippen LogP contribution in [0.5, 0.6) is 5.75 Å². The molecule has 20 heavy (non-hydrogen) atoms. The molecule has 0 amide bonds. The molecule has 0 aliphatic carbocycles. The van der Waals surface area contributed by atoms with Crippen LogP contribution >= 0.6 is 11.6 Å². The highest BCUT2D eigenvalue weighted by atomic mass is 35.5. The molecule has 0 aromatic heterocycles. The number of ether oxygens (including phenoxy) is 2. The number of nitrogens with one attached hydrogen (secondary N) is 1. The lowest BCUT2D eigenvalue weighted by atomic mass is 10.1. The van der Waals surface area contributed by atoms with Crippen molar-refractivity contribution in [3.05, 3.63) is 28.8 Å². The molecule has 1 saturated heterocycles. The number of hydrogen-bond donors (Lipinski definition) is 1. The first-order valence-electron chi connectivity index (χ1n) is 7.39. The maximum atomic E-state index is 6.29. The first-order valence-corrected chi connectivity index (χ1v) is 7.77. The van der Waals surface area contributed by atoms with Gasteiger partial charge in [-0.1, -0.05) is 31.5 Å². The van der Waals surface area contributed by atoms with Crippen LogP contribution in [0.1, 0.15) is 32.3 Å².